The van der Waals surface area contributed by atoms with Crippen molar-refractivity contribution in [3.8, 4) is 5.75 Å². The van der Waals surface area contributed by atoms with Gasteiger partial charge in [0.2, 0.25) is 0 Å². The molecular formula is C10H14O2. The molecule has 1 unspecified atom stereocenters. The number of aliphatic hydroxyl groups is 1. The van der Waals surface area contributed by atoms with E-state index in [4.69, 9.17) is 9.84 Å². The molecule has 2 nitrogen and oxygen atoms in total. The highest BCUT2D eigenvalue weighted by atomic mass is 16.5. The summed E-state index contributed by atoms with van der Waals surface area (Å²) in [6.07, 6.45) is 0.383. The van der Waals surface area contributed by atoms with Crippen LogP contribution in [0.1, 0.15) is 12.5 Å². The molecule has 0 fully saturated rings. The largest absolute Gasteiger partial charge is 0.497 e. The molecule has 0 saturated heterocycles. The molecule has 0 radical (unpaired) electrons. The fourth-order valence-corrected chi connectivity index (χ4v) is 1.14. The van der Waals surface area contributed by atoms with Crippen LogP contribution in [-0.4, -0.2) is 18.3 Å². The van der Waals surface area contributed by atoms with Gasteiger partial charge in [0.15, 0.2) is 0 Å². The standard InChI is InChI=1S/C10H14O2/c1-8(11)6-9-4-3-5-10(7-9)12-2/h3-5,7-8,11H,6H2,1-2H3. The topological polar surface area (TPSA) is 29.5 Å². The molecule has 0 bridgehead atoms. The molecule has 0 aliphatic heterocycles. The minimum atomic E-state index is -0.294. The maximum atomic E-state index is 9.13. The van der Waals surface area contributed by atoms with Crippen molar-refractivity contribution in [1.29, 1.82) is 0 Å². The number of hydrogen-bond acceptors (Lipinski definition) is 2. The molecule has 2 heteroatoms. The van der Waals surface area contributed by atoms with Crippen LogP contribution < -0.4 is 4.74 Å². The Kier molecular flexibility index (Phi) is 3.11. The summed E-state index contributed by atoms with van der Waals surface area (Å²) < 4.78 is 5.05. The fourth-order valence-electron chi connectivity index (χ4n) is 1.14. The fraction of sp³-hybridized carbons (Fsp3) is 0.400. The number of ether oxygens (including phenoxy) is 1. The second-order valence-corrected chi connectivity index (χ2v) is 2.90. The van der Waals surface area contributed by atoms with Crippen LogP contribution in [0.4, 0.5) is 0 Å². The maximum Gasteiger partial charge on any atom is 0.119 e. The summed E-state index contributed by atoms with van der Waals surface area (Å²) in [4.78, 5) is 0. The van der Waals surface area contributed by atoms with Gasteiger partial charge in [-0.3, -0.25) is 0 Å². The summed E-state index contributed by atoms with van der Waals surface area (Å²) >= 11 is 0. The smallest absolute Gasteiger partial charge is 0.119 e. The molecule has 1 aromatic rings. The number of hydrogen-bond donors (Lipinski definition) is 1. The van der Waals surface area contributed by atoms with Crippen molar-refractivity contribution in [2.45, 2.75) is 19.4 Å². The summed E-state index contributed by atoms with van der Waals surface area (Å²) in [5, 5.41) is 9.13. The van der Waals surface area contributed by atoms with Gasteiger partial charge in [0.1, 0.15) is 5.75 Å². The Hall–Kier alpha value is -1.02. The Balaban J connectivity index is 2.72. The van der Waals surface area contributed by atoms with Gasteiger partial charge in [-0.15, -0.1) is 0 Å². The quantitative estimate of drug-likeness (QED) is 0.739. The third-order valence-electron chi connectivity index (χ3n) is 1.67. The molecule has 1 rings (SSSR count). The molecule has 0 aromatic heterocycles. The lowest BCUT2D eigenvalue weighted by Crippen LogP contribution is -2.03. The van der Waals surface area contributed by atoms with Crippen LogP contribution in [0.15, 0.2) is 24.3 Å². The molecule has 12 heavy (non-hydrogen) atoms. The Morgan fingerprint density at radius 2 is 2.25 bits per heavy atom. The minimum Gasteiger partial charge on any atom is -0.497 e. The number of aliphatic hydroxyl groups excluding tert-OH is 1. The molecule has 0 aliphatic rings. The van der Waals surface area contributed by atoms with Crippen LogP contribution >= 0.6 is 0 Å². The van der Waals surface area contributed by atoms with E-state index in [0.29, 0.717) is 6.42 Å². The predicted molar refractivity (Wildman–Crippen MR) is 48.4 cm³/mol. The van der Waals surface area contributed by atoms with Crippen molar-refractivity contribution >= 4 is 0 Å². The van der Waals surface area contributed by atoms with E-state index in [1.807, 2.05) is 24.3 Å². The van der Waals surface area contributed by atoms with Crippen molar-refractivity contribution in [1.82, 2.24) is 0 Å². The van der Waals surface area contributed by atoms with E-state index >= 15 is 0 Å². The van der Waals surface area contributed by atoms with Crippen LogP contribution in [0.5, 0.6) is 5.75 Å². The Morgan fingerprint density at radius 1 is 1.50 bits per heavy atom. The van der Waals surface area contributed by atoms with Crippen molar-refractivity contribution in [2.24, 2.45) is 0 Å². The zero-order valence-corrected chi connectivity index (χ0v) is 7.45. The molecule has 66 valence electrons. The van der Waals surface area contributed by atoms with E-state index in [0.717, 1.165) is 11.3 Å². The van der Waals surface area contributed by atoms with Crippen molar-refractivity contribution in [3.63, 3.8) is 0 Å². The highest BCUT2D eigenvalue weighted by Gasteiger charge is 1.99. The maximum absolute atomic E-state index is 9.13. The second kappa shape index (κ2) is 4.12. The Morgan fingerprint density at radius 3 is 2.83 bits per heavy atom. The van der Waals surface area contributed by atoms with E-state index in [1.165, 1.54) is 0 Å². The van der Waals surface area contributed by atoms with Crippen molar-refractivity contribution < 1.29 is 9.84 Å². The molecule has 1 atom stereocenters. The average Bonchev–Trinajstić information content (AvgIpc) is 2.03. The van der Waals surface area contributed by atoms with Gasteiger partial charge in [0.05, 0.1) is 13.2 Å². The molecule has 1 N–H and O–H groups in total. The van der Waals surface area contributed by atoms with Crippen molar-refractivity contribution in [3.05, 3.63) is 29.8 Å². The van der Waals surface area contributed by atoms with E-state index in [-0.39, 0.29) is 6.10 Å². The molecule has 0 spiro atoms. The lowest BCUT2D eigenvalue weighted by molar-refractivity contribution is 0.195. The monoisotopic (exact) mass is 166 g/mol. The highest BCUT2D eigenvalue weighted by molar-refractivity contribution is 5.28. The lowest BCUT2D eigenvalue weighted by Gasteiger charge is -2.05. The van der Waals surface area contributed by atoms with Gasteiger partial charge in [-0.05, 0) is 31.0 Å². The van der Waals surface area contributed by atoms with Gasteiger partial charge in [-0.25, -0.2) is 0 Å². The minimum absolute atomic E-state index is 0.294. The van der Waals surface area contributed by atoms with E-state index in [2.05, 4.69) is 0 Å². The van der Waals surface area contributed by atoms with E-state index < -0.39 is 0 Å². The van der Waals surface area contributed by atoms with E-state index in [9.17, 15) is 0 Å². The zero-order valence-electron chi connectivity index (χ0n) is 7.45. The SMILES string of the molecule is COc1cccc(CC(C)O)c1. The van der Waals surface area contributed by atoms with Crippen LogP contribution in [0, 0.1) is 0 Å². The first-order valence-corrected chi connectivity index (χ1v) is 4.03. The molecule has 0 aliphatic carbocycles. The van der Waals surface area contributed by atoms with Crippen LogP contribution in [0.25, 0.3) is 0 Å². The van der Waals surface area contributed by atoms with Gasteiger partial charge in [0.25, 0.3) is 0 Å². The van der Waals surface area contributed by atoms with Gasteiger partial charge in [-0.2, -0.15) is 0 Å². The molecule has 0 heterocycles. The number of benzene rings is 1. The number of methoxy groups -OCH3 is 1. The third kappa shape index (κ3) is 2.55. The second-order valence-electron chi connectivity index (χ2n) is 2.90. The first-order chi connectivity index (χ1) is 5.72. The molecular weight excluding hydrogens is 152 g/mol. The Labute approximate surface area is 72.8 Å². The summed E-state index contributed by atoms with van der Waals surface area (Å²) in [6.45, 7) is 1.78. The average molecular weight is 166 g/mol. The summed E-state index contributed by atoms with van der Waals surface area (Å²) in [5.41, 5.74) is 1.10. The normalized spacial score (nSPS) is 12.6. The molecule has 1 aromatic carbocycles. The highest BCUT2D eigenvalue weighted by Crippen LogP contribution is 2.13. The van der Waals surface area contributed by atoms with Crippen LogP contribution in [-0.2, 0) is 6.42 Å². The van der Waals surface area contributed by atoms with Crippen molar-refractivity contribution in [2.75, 3.05) is 7.11 Å². The van der Waals surface area contributed by atoms with Gasteiger partial charge >= 0.3 is 0 Å². The van der Waals surface area contributed by atoms with Crippen LogP contribution in [0.2, 0.25) is 0 Å². The summed E-state index contributed by atoms with van der Waals surface area (Å²) in [7, 11) is 1.64. The van der Waals surface area contributed by atoms with Gasteiger partial charge < -0.3 is 9.84 Å². The molecule has 0 saturated carbocycles. The first-order valence-electron chi connectivity index (χ1n) is 4.03. The lowest BCUT2D eigenvalue weighted by atomic mass is 10.1. The van der Waals surface area contributed by atoms with Gasteiger partial charge in [-0.1, -0.05) is 12.1 Å². The predicted octanol–water partition coefficient (Wildman–Crippen LogP) is 1.62. The van der Waals surface area contributed by atoms with Gasteiger partial charge in [0, 0.05) is 0 Å². The van der Waals surface area contributed by atoms with Crippen LogP contribution in [0.3, 0.4) is 0 Å². The zero-order chi connectivity index (χ0) is 8.97. The third-order valence-corrected chi connectivity index (χ3v) is 1.67. The van der Waals surface area contributed by atoms with E-state index in [1.54, 1.807) is 14.0 Å². The molecule has 0 amide bonds. The summed E-state index contributed by atoms with van der Waals surface area (Å²) in [6, 6.07) is 7.74. The number of rotatable bonds is 3. The first kappa shape index (κ1) is 9.07. The summed E-state index contributed by atoms with van der Waals surface area (Å²) in [5.74, 6) is 0.841. The Bertz CT molecular complexity index is 243.